The molecule has 0 aliphatic heterocycles. The van der Waals surface area contributed by atoms with E-state index in [4.69, 9.17) is 5.73 Å². The van der Waals surface area contributed by atoms with Gasteiger partial charge in [0.2, 0.25) is 0 Å². The molecule has 1 nitrogen and oxygen atoms in total. The third kappa shape index (κ3) is 2.77. The molecule has 12 heavy (non-hydrogen) atoms. The van der Waals surface area contributed by atoms with Crippen molar-refractivity contribution in [3.05, 3.63) is 21.9 Å². The van der Waals surface area contributed by atoms with Gasteiger partial charge >= 0.3 is 0 Å². The van der Waals surface area contributed by atoms with Gasteiger partial charge in [-0.3, -0.25) is 0 Å². The van der Waals surface area contributed by atoms with E-state index in [9.17, 15) is 0 Å². The topological polar surface area (TPSA) is 26.0 Å². The molecule has 1 rings (SSSR count). The van der Waals surface area contributed by atoms with Gasteiger partial charge in [-0.25, -0.2) is 0 Å². The summed E-state index contributed by atoms with van der Waals surface area (Å²) >= 11 is 1.77. The molecule has 0 radical (unpaired) electrons. The average Bonchev–Trinajstić information content (AvgIpc) is 2.36. The van der Waals surface area contributed by atoms with Gasteiger partial charge in [-0.15, -0.1) is 23.7 Å². The molecule has 3 heteroatoms. The SMILES string of the molecule is CCCC(N)c1sccc1C.Cl. The Kier molecular flexibility index (Phi) is 5.55. The maximum absolute atomic E-state index is 5.96. The zero-order valence-corrected chi connectivity index (χ0v) is 9.17. The lowest BCUT2D eigenvalue weighted by atomic mass is 10.1. The third-order valence-electron chi connectivity index (χ3n) is 1.84. The molecule has 1 atom stereocenters. The van der Waals surface area contributed by atoms with Crippen LogP contribution in [0.3, 0.4) is 0 Å². The second kappa shape index (κ2) is 5.57. The van der Waals surface area contributed by atoms with Crippen molar-refractivity contribution in [1.82, 2.24) is 0 Å². The average molecular weight is 206 g/mol. The molecule has 1 unspecified atom stereocenters. The molecule has 1 aromatic heterocycles. The van der Waals surface area contributed by atoms with E-state index in [1.807, 2.05) is 0 Å². The molecular weight excluding hydrogens is 190 g/mol. The first kappa shape index (κ1) is 11.9. The number of halogens is 1. The molecule has 1 heterocycles. The first-order valence-electron chi connectivity index (χ1n) is 4.05. The molecule has 0 saturated carbocycles. The Morgan fingerprint density at radius 2 is 2.25 bits per heavy atom. The Hall–Kier alpha value is -0.0500. The summed E-state index contributed by atoms with van der Waals surface area (Å²) in [5, 5.41) is 2.11. The fraction of sp³-hybridized carbons (Fsp3) is 0.556. The van der Waals surface area contributed by atoms with Crippen LogP contribution in [0, 0.1) is 6.92 Å². The summed E-state index contributed by atoms with van der Waals surface area (Å²) in [4.78, 5) is 1.35. The van der Waals surface area contributed by atoms with Gasteiger partial charge in [0.1, 0.15) is 0 Å². The first-order valence-corrected chi connectivity index (χ1v) is 4.93. The summed E-state index contributed by atoms with van der Waals surface area (Å²) in [5.74, 6) is 0. The smallest absolute Gasteiger partial charge is 0.0392 e. The minimum absolute atomic E-state index is 0. The van der Waals surface area contributed by atoms with Crippen molar-refractivity contribution in [1.29, 1.82) is 0 Å². The summed E-state index contributed by atoms with van der Waals surface area (Å²) in [6, 6.07) is 2.40. The van der Waals surface area contributed by atoms with Crippen LogP contribution in [0.4, 0.5) is 0 Å². The normalized spacial score (nSPS) is 12.2. The zero-order chi connectivity index (χ0) is 8.27. The molecule has 0 saturated heterocycles. The number of thiophene rings is 1. The monoisotopic (exact) mass is 205 g/mol. The fourth-order valence-corrected chi connectivity index (χ4v) is 2.17. The van der Waals surface area contributed by atoms with Crippen molar-refractivity contribution in [2.24, 2.45) is 5.73 Å². The Balaban J connectivity index is 0.00000121. The summed E-state index contributed by atoms with van der Waals surface area (Å²) in [6.07, 6.45) is 2.26. The summed E-state index contributed by atoms with van der Waals surface area (Å²) in [6.45, 7) is 4.30. The highest BCUT2D eigenvalue weighted by molar-refractivity contribution is 7.10. The van der Waals surface area contributed by atoms with E-state index < -0.39 is 0 Å². The molecule has 0 spiro atoms. The molecule has 0 bridgehead atoms. The second-order valence-electron chi connectivity index (χ2n) is 2.86. The van der Waals surface area contributed by atoms with Gasteiger partial charge in [0.15, 0.2) is 0 Å². The molecule has 0 amide bonds. The van der Waals surface area contributed by atoms with E-state index in [1.165, 1.54) is 16.9 Å². The highest BCUT2D eigenvalue weighted by atomic mass is 35.5. The van der Waals surface area contributed by atoms with Crippen molar-refractivity contribution < 1.29 is 0 Å². The molecule has 70 valence electrons. The van der Waals surface area contributed by atoms with Crippen LogP contribution in [0.5, 0.6) is 0 Å². The first-order chi connectivity index (χ1) is 5.25. The van der Waals surface area contributed by atoms with E-state index in [0.29, 0.717) is 0 Å². The highest BCUT2D eigenvalue weighted by Crippen LogP contribution is 2.24. The van der Waals surface area contributed by atoms with Gasteiger partial charge in [-0.1, -0.05) is 13.3 Å². The van der Waals surface area contributed by atoms with Crippen molar-refractivity contribution in [2.45, 2.75) is 32.7 Å². The Labute approximate surface area is 84.4 Å². The van der Waals surface area contributed by atoms with E-state index in [1.54, 1.807) is 11.3 Å². The number of hydrogen-bond acceptors (Lipinski definition) is 2. The van der Waals surface area contributed by atoms with Crippen LogP contribution in [0.2, 0.25) is 0 Å². The molecule has 1 aromatic rings. The molecule has 0 aliphatic rings. The van der Waals surface area contributed by atoms with Crippen molar-refractivity contribution >= 4 is 23.7 Å². The van der Waals surface area contributed by atoms with Gasteiger partial charge in [0.25, 0.3) is 0 Å². The summed E-state index contributed by atoms with van der Waals surface area (Å²) in [5.41, 5.74) is 7.30. The van der Waals surface area contributed by atoms with E-state index in [0.717, 1.165) is 6.42 Å². The third-order valence-corrected chi connectivity index (χ3v) is 2.99. The largest absolute Gasteiger partial charge is 0.323 e. The zero-order valence-electron chi connectivity index (χ0n) is 7.54. The van der Waals surface area contributed by atoms with Crippen LogP contribution in [0.1, 0.15) is 36.2 Å². The molecular formula is C9H16ClNS. The quantitative estimate of drug-likeness (QED) is 0.806. The van der Waals surface area contributed by atoms with E-state index in [2.05, 4.69) is 25.3 Å². The van der Waals surface area contributed by atoms with Gasteiger partial charge in [0.05, 0.1) is 0 Å². The second-order valence-corrected chi connectivity index (χ2v) is 3.81. The van der Waals surface area contributed by atoms with Crippen LogP contribution < -0.4 is 5.73 Å². The van der Waals surface area contributed by atoms with E-state index >= 15 is 0 Å². The number of hydrogen-bond donors (Lipinski definition) is 1. The Morgan fingerprint density at radius 3 is 2.67 bits per heavy atom. The van der Waals surface area contributed by atoms with Crippen molar-refractivity contribution in [2.75, 3.05) is 0 Å². The predicted molar refractivity (Wildman–Crippen MR) is 58.1 cm³/mol. The minimum atomic E-state index is 0. The van der Waals surface area contributed by atoms with Crippen LogP contribution in [-0.2, 0) is 0 Å². The number of rotatable bonds is 3. The summed E-state index contributed by atoms with van der Waals surface area (Å²) < 4.78 is 0. The van der Waals surface area contributed by atoms with E-state index in [-0.39, 0.29) is 18.4 Å². The van der Waals surface area contributed by atoms with Gasteiger partial charge in [0, 0.05) is 10.9 Å². The minimum Gasteiger partial charge on any atom is -0.323 e. The Morgan fingerprint density at radius 1 is 1.58 bits per heavy atom. The van der Waals surface area contributed by atoms with Gasteiger partial charge < -0.3 is 5.73 Å². The lowest BCUT2D eigenvalue weighted by Crippen LogP contribution is -2.08. The van der Waals surface area contributed by atoms with Gasteiger partial charge in [-0.2, -0.15) is 0 Å². The molecule has 2 N–H and O–H groups in total. The standard InChI is InChI=1S/C9H15NS.ClH/c1-3-4-8(10)9-7(2)5-6-11-9;/h5-6,8H,3-4,10H2,1-2H3;1H. The van der Waals surface area contributed by atoms with Crippen LogP contribution in [0.25, 0.3) is 0 Å². The lowest BCUT2D eigenvalue weighted by Gasteiger charge is -2.08. The summed E-state index contributed by atoms with van der Waals surface area (Å²) in [7, 11) is 0. The van der Waals surface area contributed by atoms with Crippen molar-refractivity contribution in [3.63, 3.8) is 0 Å². The van der Waals surface area contributed by atoms with Gasteiger partial charge in [-0.05, 0) is 30.4 Å². The maximum Gasteiger partial charge on any atom is 0.0392 e. The lowest BCUT2D eigenvalue weighted by molar-refractivity contribution is 0.646. The molecule has 0 aliphatic carbocycles. The number of nitrogens with two attached hydrogens (primary N) is 1. The number of aryl methyl sites for hydroxylation is 1. The molecule has 0 fully saturated rings. The fourth-order valence-electron chi connectivity index (χ4n) is 1.21. The predicted octanol–water partition coefficient (Wildman–Crippen LogP) is 3.28. The van der Waals surface area contributed by atoms with Crippen LogP contribution in [-0.4, -0.2) is 0 Å². The van der Waals surface area contributed by atoms with Crippen LogP contribution in [0.15, 0.2) is 11.4 Å². The molecule has 0 aromatic carbocycles. The maximum atomic E-state index is 5.96. The van der Waals surface area contributed by atoms with Crippen molar-refractivity contribution in [3.8, 4) is 0 Å². The Bertz CT molecular complexity index is 222. The highest BCUT2D eigenvalue weighted by Gasteiger charge is 2.07. The van der Waals surface area contributed by atoms with Crippen LogP contribution >= 0.6 is 23.7 Å².